The number of hydrogen-bond donors (Lipinski definition) is 3. The van der Waals surface area contributed by atoms with E-state index in [9.17, 15) is 43.2 Å². The molecule has 0 aliphatic heterocycles. The molecule has 5 atom stereocenters. The van der Waals surface area contributed by atoms with Crippen molar-refractivity contribution in [3.8, 4) is 0 Å². The summed E-state index contributed by atoms with van der Waals surface area (Å²) in [5.74, 6) is 0.175. The highest BCUT2D eigenvalue weighted by molar-refractivity contribution is 7.47. The van der Waals surface area contributed by atoms with Gasteiger partial charge in [-0.25, -0.2) is 9.13 Å². The van der Waals surface area contributed by atoms with Gasteiger partial charge in [0, 0.05) is 25.7 Å². The first kappa shape index (κ1) is 103. The minimum Gasteiger partial charge on any atom is -0.462 e. The monoisotopic (exact) mass is 1540 g/mol. The van der Waals surface area contributed by atoms with E-state index in [1.54, 1.807) is 0 Å². The number of unbranched alkanes of at least 4 members (excludes halogenated alkanes) is 52. The maximum absolute atomic E-state index is 13.1. The lowest BCUT2D eigenvalue weighted by molar-refractivity contribution is -0.161. The standard InChI is InChI=1S/C86H168O17P2/c1-8-9-10-11-12-13-14-15-16-17-18-19-20-24-27-30-33-38-46-53-60-67-83(88)96-73-81(102-85(90)69-62-55-48-39-34-31-28-25-22-21-23-26-29-32-36-43-50-57-64-77(2)3)75-100-104(92,93)98-71-80(87)72-99-105(94,95)101-76-82(74-97-84(89)68-61-54-47-42-41-45-52-59-66-79(6)7)103-86(91)70-63-56-49-40-35-37-44-51-58-65-78(4)5/h77-82,87H,8-76H2,1-7H3,(H,92,93)(H,94,95)/t80-,81-,82-/m1/s1. The molecule has 0 fully saturated rings. The fourth-order valence-electron chi connectivity index (χ4n) is 13.4. The molecule has 0 aromatic heterocycles. The van der Waals surface area contributed by atoms with Gasteiger partial charge in [0.15, 0.2) is 12.2 Å². The van der Waals surface area contributed by atoms with E-state index in [-0.39, 0.29) is 25.7 Å². The molecule has 2 unspecified atom stereocenters. The van der Waals surface area contributed by atoms with Crippen LogP contribution in [0.3, 0.4) is 0 Å². The van der Waals surface area contributed by atoms with E-state index in [1.807, 2.05) is 0 Å². The molecule has 0 aromatic rings. The number of carbonyl (C=O) groups is 4. The third-order valence-corrected chi connectivity index (χ3v) is 22.0. The van der Waals surface area contributed by atoms with Gasteiger partial charge in [-0.3, -0.25) is 37.3 Å². The second-order valence-corrected chi connectivity index (χ2v) is 35.3. The Morgan fingerprint density at radius 1 is 0.257 bits per heavy atom. The van der Waals surface area contributed by atoms with Crippen molar-refractivity contribution in [2.24, 2.45) is 17.8 Å². The molecule has 17 nitrogen and oxygen atoms in total. The minimum atomic E-state index is -4.97. The van der Waals surface area contributed by atoms with Crippen molar-refractivity contribution < 1.29 is 80.2 Å². The van der Waals surface area contributed by atoms with Crippen LogP contribution in [0.1, 0.15) is 453 Å². The van der Waals surface area contributed by atoms with E-state index < -0.39 is 97.5 Å². The predicted octanol–water partition coefficient (Wildman–Crippen LogP) is 26.1. The Bertz CT molecular complexity index is 2030. The van der Waals surface area contributed by atoms with Crippen LogP contribution in [0.5, 0.6) is 0 Å². The Balaban J connectivity index is 5.21. The molecule has 0 heterocycles. The first-order chi connectivity index (χ1) is 50.7. The molecule has 0 bridgehead atoms. The van der Waals surface area contributed by atoms with Gasteiger partial charge >= 0.3 is 39.5 Å². The van der Waals surface area contributed by atoms with Crippen molar-refractivity contribution in [3.63, 3.8) is 0 Å². The summed E-state index contributed by atoms with van der Waals surface area (Å²) in [5.41, 5.74) is 0. The average Bonchev–Trinajstić information content (AvgIpc) is 0.905. The molecule has 0 aromatic carbocycles. The highest BCUT2D eigenvalue weighted by atomic mass is 31.2. The number of rotatable bonds is 84. The van der Waals surface area contributed by atoms with Crippen LogP contribution in [0.25, 0.3) is 0 Å². The number of ether oxygens (including phenoxy) is 4. The minimum absolute atomic E-state index is 0.105. The summed E-state index contributed by atoms with van der Waals surface area (Å²) in [7, 11) is -9.93. The van der Waals surface area contributed by atoms with Crippen LogP contribution in [0.15, 0.2) is 0 Å². The van der Waals surface area contributed by atoms with E-state index in [0.29, 0.717) is 25.7 Å². The van der Waals surface area contributed by atoms with Crippen LogP contribution in [-0.2, 0) is 65.4 Å². The number of carbonyl (C=O) groups excluding carboxylic acids is 4. The highest BCUT2D eigenvalue weighted by Gasteiger charge is 2.30. The van der Waals surface area contributed by atoms with Crippen LogP contribution in [0, 0.1) is 17.8 Å². The van der Waals surface area contributed by atoms with E-state index in [1.165, 1.54) is 263 Å². The van der Waals surface area contributed by atoms with E-state index >= 15 is 0 Å². The summed E-state index contributed by atoms with van der Waals surface area (Å²) < 4.78 is 68.8. The van der Waals surface area contributed by atoms with Gasteiger partial charge < -0.3 is 33.8 Å². The third-order valence-electron chi connectivity index (χ3n) is 20.1. The quantitative estimate of drug-likeness (QED) is 0.0222. The van der Waals surface area contributed by atoms with Crippen molar-refractivity contribution in [1.29, 1.82) is 0 Å². The van der Waals surface area contributed by atoms with Crippen molar-refractivity contribution in [3.05, 3.63) is 0 Å². The SMILES string of the molecule is CCCCCCCCCCCCCCCCCCCCCCCC(=O)OC[C@H](COP(=O)(O)OC[C@@H](O)COP(=O)(O)OC[C@@H](COC(=O)CCCCCCCCCCC(C)C)OC(=O)CCCCCCCCCCCC(C)C)OC(=O)CCCCCCCCCCCCCCCCCCCCC(C)C. The number of esters is 4. The lowest BCUT2D eigenvalue weighted by Gasteiger charge is -2.21. The molecule has 624 valence electrons. The molecular weight excluding hydrogens is 1370 g/mol. The van der Waals surface area contributed by atoms with Crippen LogP contribution in [0.2, 0.25) is 0 Å². The smallest absolute Gasteiger partial charge is 0.462 e. The molecule has 0 saturated heterocycles. The molecule has 0 radical (unpaired) electrons. The fraction of sp³-hybridized carbons (Fsp3) is 0.953. The molecule has 0 aliphatic rings. The normalized spacial score (nSPS) is 13.9. The Morgan fingerprint density at radius 2 is 0.438 bits per heavy atom. The first-order valence-corrected chi connectivity index (χ1v) is 47.3. The van der Waals surface area contributed by atoms with Crippen molar-refractivity contribution in [1.82, 2.24) is 0 Å². The zero-order valence-corrected chi connectivity index (χ0v) is 71.0. The maximum Gasteiger partial charge on any atom is 0.472 e. The zero-order chi connectivity index (χ0) is 77.2. The molecule has 0 rings (SSSR count). The van der Waals surface area contributed by atoms with Gasteiger partial charge in [0.05, 0.1) is 26.4 Å². The van der Waals surface area contributed by atoms with Gasteiger partial charge in [-0.05, 0) is 43.4 Å². The van der Waals surface area contributed by atoms with Crippen LogP contribution in [-0.4, -0.2) is 96.7 Å². The summed E-state index contributed by atoms with van der Waals surface area (Å²) >= 11 is 0. The molecule has 19 heteroatoms. The van der Waals surface area contributed by atoms with Crippen LogP contribution < -0.4 is 0 Å². The molecule has 105 heavy (non-hydrogen) atoms. The maximum atomic E-state index is 13.1. The lowest BCUT2D eigenvalue weighted by Crippen LogP contribution is -2.30. The summed E-state index contributed by atoms with van der Waals surface area (Å²) in [4.78, 5) is 73.2. The largest absolute Gasteiger partial charge is 0.472 e. The predicted molar refractivity (Wildman–Crippen MR) is 432 cm³/mol. The number of hydrogen-bond acceptors (Lipinski definition) is 15. The molecule has 3 N–H and O–H groups in total. The second-order valence-electron chi connectivity index (χ2n) is 32.4. The van der Waals surface area contributed by atoms with E-state index in [0.717, 1.165) is 108 Å². The molecule has 0 spiro atoms. The Hall–Kier alpha value is -1.94. The number of phosphoric ester groups is 2. The second kappa shape index (κ2) is 76.1. The van der Waals surface area contributed by atoms with Gasteiger partial charge in [0.1, 0.15) is 19.3 Å². The van der Waals surface area contributed by atoms with Gasteiger partial charge in [0.2, 0.25) is 0 Å². The van der Waals surface area contributed by atoms with Gasteiger partial charge in [-0.15, -0.1) is 0 Å². The summed E-state index contributed by atoms with van der Waals surface area (Å²) in [6.45, 7) is 11.9. The summed E-state index contributed by atoms with van der Waals surface area (Å²) in [6.07, 6.45) is 66.9. The molecule has 0 saturated carbocycles. The Morgan fingerprint density at radius 3 is 0.648 bits per heavy atom. The van der Waals surface area contributed by atoms with Crippen molar-refractivity contribution in [2.75, 3.05) is 39.6 Å². The summed E-state index contributed by atoms with van der Waals surface area (Å²) in [6, 6.07) is 0. The van der Waals surface area contributed by atoms with Gasteiger partial charge in [0.25, 0.3) is 0 Å². The number of phosphoric acid groups is 2. The van der Waals surface area contributed by atoms with Crippen molar-refractivity contribution >= 4 is 39.5 Å². The topological polar surface area (TPSA) is 237 Å². The Kier molecular flexibility index (Phi) is 74.7. The zero-order valence-electron chi connectivity index (χ0n) is 69.2. The summed E-state index contributed by atoms with van der Waals surface area (Å²) in [5, 5.41) is 10.7. The number of aliphatic hydroxyl groups is 1. The van der Waals surface area contributed by atoms with Gasteiger partial charge in [-0.2, -0.15) is 0 Å². The highest BCUT2D eigenvalue weighted by Crippen LogP contribution is 2.45. The number of aliphatic hydroxyl groups excluding tert-OH is 1. The van der Waals surface area contributed by atoms with Crippen LogP contribution in [0.4, 0.5) is 0 Å². The first-order valence-electron chi connectivity index (χ1n) is 44.3. The van der Waals surface area contributed by atoms with Crippen molar-refractivity contribution in [2.45, 2.75) is 471 Å². The third kappa shape index (κ3) is 79.9. The van der Waals surface area contributed by atoms with Gasteiger partial charge in [-0.1, -0.05) is 402 Å². The average molecular weight is 1540 g/mol. The Labute approximate surface area is 645 Å². The van der Waals surface area contributed by atoms with E-state index in [4.69, 9.17) is 37.0 Å². The molecular formula is C86H168O17P2. The molecule has 0 aliphatic carbocycles. The fourth-order valence-corrected chi connectivity index (χ4v) is 14.9. The molecule has 0 amide bonds. The van der Waals surface area contributed by atoms with Crippen LogP contribution >= 0.6 is 15.6 Å². The lowest BCUT2D eigenvalue weighted by atomic mass is 10.0. The van der Waals surface area contributed by atoms with E-state index in [2.05, 4.69) is 48.5 Å².